The molecule has 4 aliphatic heterocycles. The molecule has 0 amide bonds. The zero-order valence-corrected chi connectivity index (χ0v) is 23.7. The van der Waals surface area contributed by atoms with E-state index in [-0.39, 0.29) is 35.4 Å². The Morgan fingerprint density at radius 3 is 2.44 bits per heavy atom. The maximum absolute atomic E-state index is 13.1. The fraction of sp³-hybridized carbons (Fsp3) is 0.688. The Morgan fingerprint density at radius 1 is 0.923 bits per heavy atom. The quantitative estimate of drug-likeness (QED) is 0.519. The minimum Gasteiger partial charge on any atom is -0.486 e. The van der Waals surface area contributed by atoms with Crippen molar-refractivity contribution in [3.8, 4) is 0 Å². The number of aromatic nitrogens is 1. The number of H-pyrrole nitrogens is 1. The number of aliphatic hydroxyl groups is 1. The molecule has 7 nitrogen and oxygen atoms in total. The van der Waals surface area contributed by atoms with Crippen LogP contribution in [0.5, 0.6) is 0 Å². The first-order chi connectivity index (χ1) is 18.4. The Balaban J connectivity index is 1.15. The summed E-state index contributed by atoms with van der Waals surface area (Å²) >= 11 is 0. The van der Waals surface area contributed by atoms with Crippen LogP contribution in [0.15, 0.2) is 36.1 Å². The van der Waals surface area contributed by atoms with Crippen LogP contribution in [-0.4, -0.2) is 63.2 Å². The molecule has 1 unspecified atom stereocenters. The fourth-order valence-electron chi connectivity index (χ4n) is 9.88. The summed E-state index contributed by atoms with van der Waals surface area (Å²) in [7, 11) is 0. The van der Waals surface area contributed by atoms with Crippen LogP contribution in [0.3, 0.4) is 0 Å². The number of benzene rings is 1. The maximum Gasteiger partial charge on any atom is 0.188 e. The standard InChI is InChI=1S/C32H39NO6/c1-27(2)23-21(36-26(39-27)25-28(3,4)37-25)24-32(38-24)20(35-23)12-13-29(5)30(6)16(11-14-31(29,32)34)15-18-17-9-7-8-10-19(17)33-22(18)30/h7-10,12,16,21,23-26,33-34H,11,13-15H2,1-6H3/t16-,21+,23-,24+,25?,26-,29+,30+,31-,32-/m0/s1. The molecule has 39 heavy (non-hydrogen) atoms. The molecule has 5 fully saturated rings. The average Bonchev–Trinajstić information content (AvgIpc) is 3.71. The van der Waals surface area contributed by atoms with Crippen molar-refractivity contribution in [1.82, 2.24) is 4.98 Å². The molecule has 2 N–H and O–H groups in total. The molecule has 1 aromatic heterocycles. The van der Waals surface area contributed by atoms with E-state index in [1.54, 1.807) is 0 Å². The monoisotopic (exact) mass is 533 g/mol. The highest BCUT2D eigenvalue weighted by molar-refractivity contribution is 5.86. The van der Waals surface area contributed by atoms with Gasteiger partial charge in [-0.15, -0.1) is 0 Å². The Hall–Kier alpha value is -1.90. The van der Waals surface area contributed by atoms with Crippen LogP contribution in [0, 0.1) is 11.3 Å². The number of hydrogen-bond acceptors (Lipinski definition) is 6. The lowest BCUT2D eigenvalue weighted by Gasteiger charge is -2.64. The van der Waals surface area contributed by atoms with Crippen molar-refractivity contribution in [3.05, 3.63) is 47.4 Å². The first kappa shape index (κ1) is 23.8. The van der Waals surface area contributed by atoms with Crippen LogP contribution in [0.2, 0.25) is 0 Å². The van der Waals surface area contributed by atoms with Crippen molar-refractivity contribution >= 4 is 10.9 Å². The zero-order valence-electron chi connectivity index (χ0n) is 23.7. The van der Waals surface area contributed by atoms with Crippen molar-refractivity contribution < 1.29 is 28.8 Å². The van der Waals surface area contributed by atoms with Gasteiger partial charge in [-0.25, -0.2) is 0 Å². The summed E-state index contributed by atoms with van der Waals surface area (Å²) in [5.41, 5.74) is 0.357. The molecule has 10 atom stereocenters. The molecule has 9 rings (SSSR count). The van der Waals surface area contributed by atoms with Crippen molar-refractivity contribution in [2.75, 3.05) is 0 Å². The van der Waals surface area contributed by atoms with Gasteiger partial charge in [-0.1, -0.05) is 32.0 Å². The fourth-order valence-corrected chi connectivity index (χ4v) is 9.88. The van der Waals surface area contributed by atoms with Gasteiger partial charge in [0.1, 0.15) is 35.3 Å². The Bertz CT molecular complexity index is 1480. The number of rotatable bonds is 1. The molecule has 1 saturated carbocycles. The maximum atomic E-state index is 13.1. The number of nitrogens with one attached hydrogen (secondary N) is 1. The second kappa shape index (κ2) is 6.60. The molecule has 1 spiro atoms. The number of hydrogen-bond donors (Lipinski definition) is 2. The molecule has 7 aliphatic rings. The third-order valence-corrected chi connectivity index (χ3v) is 12.4. The van der Waals surface area contributed by atoms with E-state index < -0.39 is 28.5 Å². The van der Waals surface area contributed by atoms with Gasteiger partial charge >= 0.3 is 0 Å². The minimum absolute atomic E-state index is 0.127. The number of aromatic amines is 1. The first-order valence-electron chi connectivity index (χ1n) is 14.8. The third-order valence-electron chi connectivity index (χ3n) is 12.4. The highest BCUT2D eigenvalue weighted by Crippen LogP contribution is 2.75. The summed E-state index contributed by atoms with van der Waals surface area (Å²) < 4.78 is 32.4. The van der Waals surface area contributed by atoms with Gasteiger partial charge in [-0.05, 0) is 77.0 Å². The highest BCUT2D eigenvalue weighted by atomic mass is 16.8. The predicted molar refractivity (Wildman–Crippen MR) is 143 cm³/mol. The van der Waals surface area contributed by atoms with Crippen LogP contribution in [0.25, 0.3) is 10.9 Å². The average molecular weight is 534 g/mol. The number of fused-ring (bicyclic) bond motifs is 9. The number of allylic oxidation sites excluding steroid dienone is 1. The molecule has 7 heteroatoms. The summed E-state index contributed by atoms with van der Waals surface area (Å²) in [5, 5.41) is 14.4. The second-order valence-electron chi connectivity index (χ2n) is 14.8. The summed E-state index contributed by atoms with van der Waals surface area (Å²) in [6.45, 7) is 12.9. The Kier molecular flexibility index (Phi) is 4.02. The summed E-state index contributed by atoms with van der Waals surface area (Å²) in [6, 6.07) is 8.62. The SMILES string of the molecule is CC1(C)OC1[C@H]1O[C@H]2[C@H]3O[C@@]34C(=CC[C@@]3(C)[C@@]4(O)CC[C@H]4Cc5c([nH]c6ccccc56)[C@@]43C)O[C@@H]2C(C)(C)O1. The number of ether oxygens (including phenoxy) is 5. The third kappa shape index (κ3) is 2.44. The second-order valence-corrected chi connectivity index (χ2v) is 14.8. The minimum atomic E-state index is -1.10. The van der Waals surface area contributed by atoms with E-state index in [1.165, 1.54) is 22.2 Å². The van der Waals surface area contributed by atoms with Crippen molar-refractivity contribution in [2.45, 2.75) is 126 Å². The lowest BCUT2D eigenvalue weighted by Crippen LogP contribution is -2.74. The molecular weight excluding hydrogens is 494 g/mol. The van der Waals surface area contributed by atoms with Crippen LogP contribution in [0.4, 0.5) is 0 Å². The van der Waals surface area contributed by atoms with Crippen molar-refractivity contribution in [3.63, 3.8) is 0 Å². The summed E-state index contributed by atoms with van der Waals surface area (Å²) in [5.74, 6) is 1.23. The number of epoxide rings is 2. The number of para-hydroxylation sites is 1. The van der Waals surface area contributed by atoms with Gasteiger partial charge in [-0.2, -0.15) is 0 Å². The zero-order chi connectivity index (χ0) is 27.0. The Morgan fingerprint density at radius 2 is 1.67 bits per heavy atom. The molecule has 208 valence electrons. The predicted octanol–water partition coefficient (Wildman–Crippen LogP) is 4.65. The lowest BCUT2D eigenvalue weighted by atomic mass is 9.42. The van der Waals surface area contributed by atoms with Crippen LogP contribution in [0.1, 0.15) is 72.1 Å². The van der Waals surface area contributed by atoms with Crippen LogP contribution < -0.4 is 0 Å². The molecule has 0 radical (unpaired) electrons. The van der Waals surface area contributed by atoms with Gasteiger partial charge < -0.3 is 33.8 Å². The van der Waals surface area contributed by atoms with E-state index in [1.807, 2.05) is 0 Å². The smallest absolute Gasteiger partial charge is 0.188 e. The Labute approximate surface area is 229 Å². The van der Waals surface area contributed by atoms with E-state index in [9.17, 15) is 5.11 Å². The molecule has 5 heterocycles. The first-order valence-corrected chi connectivity index (χ1v) is 14.8. The molecule has 4 saturated heterocycles. The van der Waals surface area contributed by atoms with E-state index in [0.29, 0.717) is 12.3 Å². The van der Waals surface area contributed by atoms with Gasteiger partial charge in [0.15, 0.2) is 18.0 Å². The molecule has 3 aliphatic carbocycles. The van der Waals surface area contributed by atoms with Crippen molar-refractivity contribution in [1.29, 1.82) is 0 Å². The van der Waals surface area contributed by atoms with E-state index >= 15 is 0 Å². The van der Waals surface area contributed by atoms with Gasteiger partial charge in [0.25, 0.3) is 0 Å². The normalized spacial score (nSPS) is 51.3. The van der Waals surface area contributed by atoms with Crippen LogP contribution >= 0.6 is 0 Å². The van der Waals surface area contributed by atoms with Gasteiger partial charge in [-0.3, -0.25) is 0 Å². The van der Waals surface area contributed by atoms with Gasteiger partial charge in [0, 0.05) is 27.4 Å². The topological polar surface area (TPSA) is 88.8 Å². The van der Waals surface area contributed by atoms with Gasteiger partial charge in [0.2, 0.25) is 0 Å². The highest BCUT2D eigenvalue weighted by Gasteiger charge is 2.86. The lowest BCUT2D eigenvalue weighted by molar-refractivity contribution is -0.332. The van der Waals surface area contributed by atoms with Crippen molar-refractivity contribution in [2.24, 2.45) is 11.3 Å². The van der Waals surface area contributed by atoms with E-state index in [4.69, 9.17) is 23.7 Å². The van der Waals surface area contributed by atoms with Gasteiger partial charge in [0.05, 0.1) is 5.60 Å². The molecule has 2 aromatic rings. The summed E-state index contributed by atoms with van der Waals surface area (Å²) in [6.07, 6.45) is 4.04. The summed E-state index contributed by atoms with van der Waals surface area (Å²) in [4.78, 5) is 3.82. The molecular formula is C32H39NO6. The molecule has 0 bridgehead atoms. The molecule has 1 aromatic carbocycles. The van der Waals surface area contributed by atoms with E-state index in [0.717, 1.165) is 25.0 Å². The largest absolute Gasteiger partial charge is 0.486 e. The van der Waals surface area contributed by atoms with E-state index in [2.05, 4.69) is 76.9 Å². The van der Waals surface area contributed by atoms with Crippen LogP contribution in [-0.2, 0) is 35.5 Å².